The second-order valence-corrected chi connectivity index (χ2v) is 8.07. The van der Waals surface area contributed by atoms with Crippen molar-refractivity contribution >= 4 is 11.8 Å². The Morgan fingerprint density at radius 1 is 1.25 bits per heavy atom. The van der Waals surface area contributed by atoms with E-state index in [2.05, 4.69) is 26.2 Å². The number of piperidine rings is 2. The van der Waals surface area contributed by atoms with Crippen LogP contribution in [-0.4, -0.2) is 84.4 Å². The van der Waals surface area contributed by atoms with E-state index < -0.39 is 0 Å². The van der Waals surface area contributed by atoms with Gasteiger partial charge in [-0.1, -0.05) is 6.07 Å². The summed E-state index contributed by atoms with van der Waals surface area (Å²) >= 11 is 0. The van der Waals surface area contributed by atoms with Crippen molar-refractivity contribution in [3.8, 4) is 0 Å². The molecule has 0 aliphatic carbocycles. The normalized spacial score (nSPS) is 22.0. The number of pyridine rings is 1. The highest BCUT2D eigenvalue weighted by Gasteiger charge is 2.33. The Morgan fingerprint density at radius 2 is 2.04 bits per heavy atom. The van der Waals surface area contributed by atoms with E-state index in [9.17, 15) is 9.59 Å². The van der Waals surface area contributed by atoms with Crippen molar-refractivity contribution in [3.05, 3.63) is 30.1 Å². The van der Waals surface area contributed by atoms with Gasteiger partial charge in [-0.25, -0.2) is 0 Å². The van der Waals surface area contributed by atoms with Crippen LogP contribution in [0.2, 0.25) is 0 Å². The number of hydrogen-bond donors (Lipinski definition) is 1. The van der Waals surface area contributed by atoms with Gasteiger partial charge in [0.15, 0.2) is 0 Å². The standard InChI is InChI=1S/C21H33N5O2/c1-22-20(27)16-24(2)21(28)18-6-4-10-26(15-18)19-7-11-25(12-8-19)14-17-5-3-9-23-13-17/h3,5,9,13,18-19H,4,6-8,10-12,14-16H2,1-2H3,(H,22,27). The van der Waals surface area contributed by atoms with Crippen LogP contribution >= 0.6 is 0 Å². The average molecular weight is 388 g/mol. The van der Waals surface area contributed by atoms with Crippen molar-refractivity contribution < 1.29 is 9.59 Å². The van der Waals surface area contributed by atoms with E-state index in [1.54, 1.807) is 19.0 Å². The average Bonchev–Trinajstić information content (AvgIpc) is 2.74. The monoisotopic (exact) mass is 387 g/mol. The quantitative estimate of drug-likeness (QED) is 0.788. The van der Waals surface area contributed by atoms with Gasteiger partial charge in [-0.05, 0) is 56.9 Å². The molecule has 3 heterocycles. The predicted octanol–water partition coefficient (Wildman–Crippen LogP) is 0.962. The SMILES string of the molecule is CNC(=O)CN(C)C(=O)C1CCCN(C2CCN(Cc3cccnc3)CC2)C1. The molecule has 2 fully saturated rings. The summed E-state index contributed by atoms with van der Waals surface area (Å²) in [5.74, 6) is -0.0105. The molecule has 0 saturated carbocycles. The zero-order valence-electron chi connectivity index (χ0n) is 17.1. The molecule has 1 atom stereocenters. The fraction of sp³-hybridized carbons (Fsp3) is 0.667. The van der Waals surface area contributed by atoms with E-state index >= 15 is 0 Å². The molecule has 28 heavy (non-hydrogen) atoms. The molecule has 2 amide bonds. The Bertz CT molecular complexity index is 645. The van der Waals surface area contributed by atoms with Crippen molar-refractivity contribution in [2.75, 3.05) is 46.8 Å². The van der Waals surface area contributed by atoms with Crippen molar-refractivity contribution in [2.24, 2.45) is 5.92 Å². The molecule has 1 aromatic heterocycles. The molecular weight excluding hydrogens is 354 g/mol. The number of likely N-dealkylation sites (N-methyl/N-ethyl adjacent to an activating group) is 2. The van der Waals surface area contributed by atoms with Crippen LogP contribution in [0.1, 0.15) is 31.2 Å². The number of carbonyl (C=O) groups excluding carboxylic acids is 2. The summed E-state index contributed by atoms with van der Waals surface area (Å²) < 4.78 is 0. The highest BCUT2D eigenvalue weighted by atomic mass is 16.2. The number of aromatic nitrogens is 1. The van der Waals surface area contributed by atoms with Crippen LogP contribution in [0.15, 0.2) is 24.5 Å². The van der Waals surface area contributed by atoms with Crippen LogP contribution in [-0.2, 0) is 16.1 Å². The molecule has 3 rings (SSSR count). The molecule has 7 nitrogen and oxygen atoms in total. The second kappa shape index (κ2) is 9.98. The summed E-state index contributed by atoms with van der Waals surface area (Å²) in [6.45, 7) is 5.18. The molecule has 1 unspecified atom stereocenters. The summed E-state index contributed by atoms with van der Waals surface area (Å²) in [5.41, 5.74) is 1.27. The lowest BCUT2D eigenvalue weighted by molar-refractivity contribution is -0.139. The van der Waals surface area contributed by atoms with E-state index in [0.29, 0.717) is 6.04 Å². The Balaban J connectivity index is 1.47. The third kappa shape index (κ3) is 5.52. The molecule has 0 radical (unpaired) electrons. The van der Waals surface area contributed by atoms with Gasteiger partial charge in [-0.15, -0.1) is 0 Å². The third-order valence-corrected chi connectivity index (χ3v) is 6.04. The molecule has 2 aliphatic heterocycles. The van der Waals surface area contributed by atoms with Crippen LogP contribution in [0.4, 0.5) is 0 Å². The van der Waals surface area contributed by atoms with Gasteiger partial charge in [0.05, 0.1) is 12.5 Å². The van der Waals surface area contributed by atoms with E-state index in [1.807, 2.05) is 18.5 Å². The fourth-order valence-corrected chi connectivity index (χ4v) is 4.42. The maximum absolute atomic E-state index is 12.7. The highest BCUT2D eigenvalue weighted by Crippen LogP contribution is 2.25. The number of likely N-dealkylation sites (tertiary alicyclic amines) is 2. The maximum Gasteiger partial charge on any atom is 0.239 e. The zero-order chi connectivity index (χ0) is 19.9. The number of rotatable bonds is 6. The minimum atomic E-state index is -0.121. The molecule has 1 N–H and O–H groups in total. The smallest absolute Gasteiger partial charge is 0.239 e. The summed E-state index contributed by atoms with van der Waals surface area (Å²) in [7, 11) is 3.33. The van der Waals surface area contributed by atoms with E-state index in [1.165, 1.54) is 5.56 Å². The highest BCUT2D eigenvalue weighted by molar-refractivity contribution is 5.85. The van der Waals surface area contributed by atoms with Gasteiger partial charge < -0.3 is 10.2 Å². The molecule has 0 aromatic carbocycles. The first-order valence-electron chi connectivity index (χ1n) is 10.4. The summed E-state index contributed by atoms with van der Waals surface area (Å²) in [5, 5.41) is 2.58. The summed E-state index contributed by atoms with van der Waals surface area (Å²) in [4.78, 5) is 35.1. The topological polar surface area (TPSA) is 68.8 Å². The van der Waals surface area contributed by atoms with Gasteiger partial charge in [-0.2, -0.15) is 0 Å². The van der Waals surface area contributed by atoms with Crippen LogP contribution < -0.4 is 5.32 Å². The first-order chi connectivity index (χ1) is 13.6. The lowest BCUT2D eigenvalue weighted by Gasteiger charge is -2.42. The molecule has 2 aliphatic rings. The predicted molar refractivity (Wildman–Crippen MR) is 109 cm³/mol. The molecule has 0 bridgehead atoms. The first kappa shape index (κ1) is 20.7. The van der Waals surface area contributed by atoms with Gasteiger partial charge in [0.2, 0.25) is 11.8 Å². The first-order valence-corrected chi connectivity index (χ1v) is 10.4. The minimum absolute atomic E-state index is 0.0110. The van der Waals surface area contributed by atoms with E-state index in [4.69, 9.17) is 0 Å². The zero-order valence-corrected chi connectivity index (χ0v) is 17.1. The number of carbonyl (C=O) groups is 2. The molecule has 7 heteroatoms. The Hall–Kier alpha value is -1.99. The lowest BCUT2D eigenvalue weighted by Crippen LogP contribution is -2.51. The largest absolute Gasteiger partial charge is 0.358 e. The van der Waals surface area contributed by atoms with E-state index in [-0.39, 0.29) is 24.3 Å². The van der Waals surface area contributed by atoms with Crippen LogP contribution in [0, 0.1) is 5.92 Å². The summed E-state index contributed by atoms with van der Waals surface area (Å²) in [6, 6.07) is 4.69. The van der Waals surface area contributed by atoms with Gasteiger partial charge in [0, 0.05) is 45.6 Å². The van der Waals surface area contributed by atoms with Crippen LogP contribution in [0.3, 0.4) is 0 Å². The number of nitrogens with one attached hydrogen (secondary N) is 1. The summed E-state index contributed by atoms with van der Waals surface area (Å²) in [6.07, 6.45) is 8.04. The molecule has 2 saturated heterocycles. The van der Waals surface area contributed by atoms with Gasteiger partial charge in [-0.3, -0.25) is 24.4 Å². The second-order valence-electron chi connectivity index (χ2n) is 8.07. The number of hydrogen-bond acceptors (Lipinski definition) is 5. The van der Waals surface area contributed by atoms with E-state index in [0.717, 1.165) is 58.4 Å². The van der Waals surface area contributed by atoms with Crippen LogP contribution in [0.5, 0.6) is 0 Å². The van der Waals surface area contributed by atoms with Gasteiger partial charge >= 0.3 is 0 Å². The minimum Gasteiger partial charge on any atom is -0.358 e. The number of nitrogens with zero attached hydrogens (tertiary/aromatic N) is 4. The Labute approximate surface area is 168 Å². The fourth-order valence-electron chi connectivity index (χ4n) is 4.42. The maximum atomic E-state index is 12.7. The molecular formula is C21H33N5O2. The Kier molecular flexibility index (Phi) is 7.39. The van der Waals surface area contributed by atoms with Gasteiger partial charge in [0.1, 0.15) is 0 Å². The number of amides is 2. The molecule has 154 valence electrons. The molecule has 1 aromatic rings. The van der Waals surface area contributed by atoms with Crippen molar-refractivity contribution in [3.63, 3.8) is 0 Å². The molecule has 0 spiro atoms. The van der Waals surface area contributed by atoms with Crippen LogP contribution in [0.25, 0.3) is 0 Å². The van der Waals surface area contributed by atoms with Gasteiger partial charge in [0.25, 0.3) is 0 Å². The lowest BCUT2D eigenvalue weighted by atomic mass is 9.93. The third-order valence-electron chi connectivity index (χ3n) is 6.04. The van der Waals surface area contributed by atoms with Crippen molar-refractivity contribution in [1.82, 2.24) is 25.0 Å². The van der Waals surface area contributed by atoms with Crippen molar-refractivity contribution in [1.29, 1.82) is 0 Å². The van der Waals surface area contributed by atoms with Crippen molar-refractivity contribution in [2.45, 2.75) is 38.3 Å². The Morgan fingerprint density at radius 3 is 2.71 bits per heavy atom.